The highest BCUT2D eigenvalue weighted by atomic mass is 19.1. The van der Waals surface area contributed by atoms with Crippen molar-refractivity contribution >= 4 is 12.0 Å². The summed E-state index contributed by atoms with van der Waals surface area (Å²) in [4.78, 5) is 22.5. The average Bonchev–Trinajstić information content (AvgIpc) is 3.18. The zero-order valence-electron chi connectivity index (χ0n) is 10.5. The van der Waals surface area contributed by atoms with E-state index >= 15 is 0 Å². The zero-order chi connectivity index (χ0) is 14.7. The van der Waals surface area contributed by atoms with E-state index in [9.17, 15) is 18.4 Å². The molecule has 2 rings (SSSR count). The van der Waals surface area contributed by atoms with E-state index in [-0.39, 0.29) is 18.0 Å². The second-order valence-corrected chi connectivity index (χ2v) is 4.72. The summed E-state index contributed by atoms with van der Waals surface area (Å²) in [5.41, 5.74) is 0.125. The van der Waals surface area contributed by atoms with Crippen LogP contribution < -0.4 is 10.6 Å². The number of urea groups is 1. The van der Waals surface area contributed by atoms with E-state index in [4.69, 9.17) is 5.11 Å². The standard InChI is InChI=1S/C13H14F2N2O3/c14-9-4-3-8(10(15)5-9)6-16-13(20)17-11(12(18)19)7-1-2-7/h3-5,7,11H,1-2,6H2,(H,18,19)(H2,16,17,20). The Labute approximate surface area is 114 Å². The van der Waals surface area contributed by atoms with Crippen LogP contribution in [0.2, 0.25) is 0 Å². The molecule has 0 radical (unpaired) electrons. The zero-order valence-corrected chi connectivity index (χ0v) is 10.5. The molecule has 1 aliphatic rings. The van der Waals surface area contributed by atoms with E-state index in [0.717, 1.165) is 25.0 Å². The second-order valence-electron chi connectivity index (χ2n) is 4.72. The monoisotopic (exact) mass is 284 g/mol. The average molecular weight is 284 g/mol. The summed E-state index contributed by atoms with van der Waals surface area (Å²) in [5.74, 6) is -2.59. The molecular weight excluding hydrogens is 270 g/mol. The lowest BCUT2D eigenvalue weighted by Gasteiger charge is -2.14. The van der Waals surface area contributed by atoms with Crippen LogP contribution in [-0.4, -0.2) is 23.1 Å². The smallest absolute Gasteiger partial charge is 0.326 e. The highest BCUT2D eigenvalue weighted by Crippen LogP contribution is 2.32. The van der Waals surface area contributed by atoms with E-state index in [1.54, 1.807) is 0 Å². The minimum absolute atomic E-state index is 0.0409. The van der Waals surface area contributed by atoms with Crippen molar-refractivity contribution in [3.05, 3.63) is 35.4 Å². The SMILES string of the molecule is O=C(NCc1ccc(F)cc1F)NC(C(=O)O)C1CC1. The van der Waals surface area contributed by atoms with Crippen LogP contribution in [0.3, 0.4) is 0 Å². The van der Waals surface area contributed by atoms with Crippen LogP contribution in [-0.2, 0) is 11.3 Å². The predicted octanol–water partition coefficient (Wildman–Crippen LogP) is 1.63. The Kier molecular flexibility index (Phi) is 4.16. The van der Waals surface area contributed by atoms with Gasteiger partial charge in [-0.05, 0) is 24.8 Å². The Morgan fingerprint density at radius 2 is 2.05 bits per heavy atom. The molecule has 1 aliphatic carbocycles. The van der Waals surface area contributed by atoms with Crippen molar-refractivity contribution in [2.75, 3.05) is 0 Å². The Morgan fingerprint density at radius 3 is 2.60 bits per heavy atom. The van der Waals surface area contributed by atoms with Crippen molar-refractivity contribution in [1.82, 2.24) is 10.6 Å². The Morgan fingerprint density at radius 1 is 1.35 bits per heavy atom. The summed E-state index contributed by atoms with van der Waals surface area (Å²) in [6, 6.07) is 1.42. The molecule has 7 heteroatoms. The number of rotatable bonds is 5. The number of carbonyl (C=O) groups is 2. The van der Waals surface area contributed by atoms with Crippen LogP contribution in [0.1, 0.15) is 18.4 Å². The maximum absolute atomic E-state index is 13.3. The molecule has 1 unspecified atom stereocenters. The maximum atomic E-state index is 13.3. The fourth-order valence-corrected chi connectivity index (χ4v) is 1.84. The number of amides is 2. The predicted molar refractivity (Wildman–Crippen MR) is 65.9 cm³/mol. The van der Waals surface area contributed by atoms with Crippen LogP contribution >= 0.6 is 0 Å². The molecule has 0 heterocycles. The molecule has 3 N–H and O–H groups in total. The molecule has 1 saturated carbocycles. The highest BCUT2D eigenvalue weighted by Gasteiger charge is 2.37. The maximum Gasteiger partial charge on any atom is 0.326 e. The molecule has 20 heavy (non-hydrogen) atoms. The van der Waals surface area contributed by atoms with Gasteiger partial charge >= 0.3 is 12.0 Å². The Hall–Kier alpha value is -2.18. The van der Waals surface area contributed by atoms with Gasteiger partial charge in [0, 0.05) is 18.2 Å². The van der Waals surface area contributed by atoms with Crippen LogP contribution in [0.15, 0.2) is 18.2 Å². The summed E-state index contributed by atoms with van der Waals surface area (Å²) in [6.45, 7) is -0.144. The number of aliphatic carboxylic acids is 1. The number of benzene rings is 1. The largest absolute Gasteiger partial charge is 0.480 e. The van der Waals surface area contributed by atoms with Gasteiger partial charge in [-0.2, -0.15) is 0 Å². The minimum Gasteiger partial charge on any atom is -0.480 e. The van der Waals surface area contributed by atoms with Gasteiger partial charge in [0.15, 0.2) is 0 Å². The molecule has 1 atom stereocenters. The molecule has 0 aromatic heterocycles. The lowest BCUT2D eigenvalue weighted by Crippen LogP contribution is -2.47. The fourth-order valence-electron chi connectivity index (χ4n) is 1.84. The van der Waals surface area contributed by atoms with Gasteiger partial charge in [0.2, 0.25) is 0 Å². The van der Waals surface area contributed by atoms with Gasteiger partial charge in [-0.25, -0.2) is 18.4 Å². The number of carboxylic acid groups (broad SMARTS) is 1. The highest BCUT2D eigenvalue weighted by molar-refractivity contribution is 5.83. The second kappa shape index (κ2) is 5.85. The van der Waals surface area contributed by atoms with Gasteiger partial charge < -0.3 is 15.7 Å². The Bertz CT molecular complexity index is 532. The summed E-state index contributed by atoms with van der Waals surface area (Å²) in [7, 11) is 0. The number of carboxylic acids is 1. The van der Waals surface area contributed by atoms with Crippen molar-refractivity contribution in [3.8, 4) is 0 Å². The third kappa shape index (κ3) is 3.66. The molecule has 0 bridgehead atoms. The third-order valence-electron chi connectivity index (χ3n) is 3.10. The number of carbonyl (C=O) groups excluding carboxylic acids is 1. The molecule has 0 aliphatic heterocycles. The van der Waals surface area contributed by atoms with Gasteiger partial charge in [0.25, 0.3) is 0 Å². The quantitative estimate of drug-likeness (QED) is 0.769. The third-order valence-corrected chi connectivity index (χ3v) is 3.10. The van der Waals surface area contributed by atoms with E-state index in [1.807, 2.05) is 0 Å². The first-order valence-corrected chi connectivity index (χ1v) is 6.18. The molecule has 1 fully saturated rings. The number of hydrogen-bond donors (Lipinski definition) is 3. The summed E-state index contributed by atoms with van der Waals surface area (Å²) >= 11 is 0. The van der Waals surface area contributed by atoms with E-state index in [2.05, 4.69) is 10.6 Å². The first-order chi connectivity index (χ1) is 9.47. The topological polar surface area (TPSA) is 78.4 Å². The molecule has 2 amide bonds. The molecule has 0 spiro atoms. The van der Waals surface area contributed by atoms with Crippen LogP contribution in [0.5, 0.6) is 0 Å². The number of halogens is 2. The van der Waals surface area contributed by atoms with Gasteiger partial charge in [-0.1, -0.05) is 6.07 Å². The molecular formula is C13H14F2N2O3. The molecule has 108 valence electrons. The lowest BCUT2D eigenvalue weighted by atomic mass is 10.2. The van der Waals surface area contributed by atoms with E-state index in [1.165, 1.54) is 6.07 Å². The van der Waals surface area contributed by atoms with Crippen molar-refractivity contribution in [3.63, 3.8) is 0 Å². The van der Waals surface area contributed by atoms with Crippen LogP contribution in [0.25, 0.3) is 0 Å². The van der Waals surface area contributed by atoms with Crippen molar-refractivity contribution in [2.24, 2.45) is 5.92 Å². The van der Waals surface area contributed by atoms with Gasteiger partial charge in [-0.3, -0.25) is 0 Å². The van der Waals surface area contributed by atoms with Crippen molar-refractivity contribution in [1.29, 1.82) is 0 Å². The fraction of sp³-hybridized carbons (Fsp3) is 0.385. The normalized spacial score (nSPS) is 15.5. The van der Waals surface area contributed by atoms with Gasteiger partial charge in [-0.15, -0.1) is 0 Å². The van der Waals surface area contributed by atoms with E-state index in [0.29, 0.717) is 0 Å². The molecule has 1 aromatic rings. The lowest BCUT2D eigenvalue weighted by molar-refractivity contribution is -0.139. The minimum atomic E-state index is -1.09. The Balaban J connectivity index is 1.86. The first kappa shape index (κ1) is 14.2. The molecule has 1 aromatic carbocycles. The van der Waals surface area contributed by atoms with Gasteiger partial charge in [0.05, 0.1) is 0 Å². The van der Waals surface area contributed by atoms with E-state index < -0.39 is 29.7 Å². The van der Waals surface area contributed by atoms with Crippen LogP contribution in [0, 0.1) is 17.6 Å². The summed E-state index contributed by atoms with van der Waals surface area (Å²) in [5, 5.41) is 13.6. The van der Waals surface area contributed by atoms with Gasteiger partial charge in [0.1, 0.15) is 17.7 Å². The summed E-state index contributed by atoms with van der Waals surface area (Å²) < 4.78 is 26.0. The summed E-state index contributed by atoms with van der Waals surface area (Å²) in [6.07, 6.45) is 1.54. The number of nitrogens with one attached hydrogen (secondary N) is 2. The number of hydrogen-bond acceptors (Lipinski definition) is 2. The molecule has 0 saturated heterocycles. The molecule has 5 nitrogen and oxygen atoms in total. The van der Waals surface area contributed by atoms with Crippen molar-refractivity contribution < 1.29 is 23.5 Å². The van der Waals surface area contributed by atoms with Crippen LogP contribution in [0.4, 0.5) is 13.6 Å². The first-order valence-electron chi connectivity index (χ1n) is 6.18. The van der Waals surface area contributed by atoms with Crippen molar-refractivity contribution in [2.45, 2.75) is 25.4 Å².